The molecule has 0 amide bonds. The second kappa shape index (κ2) is 7.02. The molecule has 2 aromatic heterocycles. The van der Waals surface area contributed by atoms with Crippen LogP contribution in [0.25, 0.3) is 11.3 Å². The van der Waals surface area contributed by atoms with Crippen LogP contribution in [0, 0.1) is 12.8 Å². The highest BCUT2D eigenvalue weighted by atomic mass is 16.5. The Morgan fingerprint density at radius 1 is 1.03 bits per heavy atom. The van der Waals surface area contributed by atoms with Crippen LogP contribution in [-0.4, -0.2) is 20.2 Å². The standard InChI is InChI=1S/C27H25N3O2/c1-16-23-13-12-22-24(18-8-10-21(31)11-9-18)29-17(2)30-26(22)27(23,20-6-4-3-5-7-20)14-19-15-28-32-25(16)19/h3-11,15-16,23,31H,12-14H2,1-2H3/t16-,23-,27+/m0/s1. The fourth-order valence-corrected chi connectivity index (χ4v) is 6.12. The molecule has 0 unspecified atom stereocenters. The van der Waals surface area contributed by atoms with E-state index in [9.17, 15) is 5.11 Å². The van der Waals surface area contributed by atoms with Crippen molar-refractivity contribution in [1.82, 2.24) is 15.1 Å². The maximum atomic E-state index is 9.79. The van der Waals surface area contributed by atoms with E-state index in [1.807, 2.05) is 25.3 Å². The maximum Gasteiger partial charge on any atom is 0.143 e. The zero-order valence-electron chi connectivity index (χ0n) is 18.2. The largest absolute Gasteiger partial charge is 0.508 e. The number of rotatable bonds is 2. The van der Waals surface area contributed by atoms with Gasteiger partial charge in [-0.3, -0.25) is 0 Å². The first-order chi connectivity index (χ1) is 15.6. The van der Waals surface area contributed by atoms with Gasteiger partial charge < -0.3 is 9.63 Å². The summed E-state index contributed by atoms with van der Waals surface area (Å²) in [7, 11) is 0. The van der Waals surface area contributed by atoms with Gasteiger partial charge in [0.2, 0.25) is 0 Å². The molecule has 1 N–H and O–H groups in total. The van der Waals surface area contributed by atoms with Crippen LogP contribution in [0.3, 0.4) is 0 Å². The molecule has 0 saturated heterocycles. The first-order valence-electron chi connectivity index (χ1n) is 11.2. The van der Waals surface area contributed by atoms with Crippen LogP contribution in [0.1, 0.15) is 53.2 Å². The predicted molar refractivity (Wildman–Crippen MR) is 122 cm³/mol. The molecule has 5 nitrogen and oxygen atoms in total. The summed E-state index contributed by atoms with van der Waals surface area (Å²) in [6, 6.07) is 18.1. The smallest absolute Gasteiger partial charge is 0.143 e. The van der Waals surface area contributed by atoms with Gasteiger partial charge in [0.05, 0.1) is 17.6 Å². The van der Waals surface area contributed by atoms with Crippen molar-refractivity contribution in [2.24, 2.45) is 5.92 Å². The summed E-state index contributed by atoms with van der Waals surface area (Å²) >= 11 is 0. The van der Waals surface area contributed by atoms with E-state index in [-0.39, 0.29) is 17.1 Å². The van der Waals surface area contributed by atoms with Gasteiger partial charge in [-0.2, -0.15) is 0 Å². The number of nitrogens with zero attached hydrogens (tertiary/aromatic N) is 3. The van der Waals surface area contributed by atoms with Crippen molar-refractivity contribution >= 4 is 0 Å². The van der Waals surface area contributed by atoms with Gasteiger partial charge in [-0.1, -0.05) is 42.4 Å². The van der Waals surface area contributed by atoms with Gasteiger partial charge in [0.25, 0.3) is 0 Å². The third-order valence-electron chi connectivity index (χ3n) is 7.47. The zero-order chi connectivity index (χ0) is 21.9. The number of hydrogen-bond acceptors (Lipinski definition) is 5. The molecule has 0 spiro atoms. The Morgan fingerprint density at radius 3 is 2.59 bits per heavy atom. The molecule has 2 aliphatic carbocycles. The maximum absolute atomic E-state index is 9.79. The lowest BCUT2D eigenvalue weighted by atomic mass is 9.53. The van der Waals surface area contributed by atoms with Crippen molar-refractivity contribution < 1.29 is 9.63 Å². The topological polar surface area (TPSA) is 72.0 Å². The molecule has 6 rings (SSSR count). The fraction of sp³-hybridized carbons (Fsp3) is 0.296. The molecule has 4 aromatic rings. The van der Waals surface area contributed by atoms with E-state index in [1.54, 1.807) is 12.1 Å². The lowest BCUT2D eigenvalue weighted by Crippen LogP contribution is -2.48. The first kappa shape index (κ1) is 19.2. The zero-order valence-corrected chi connectivity index (χ0v) is 18.2. The van der Waals surface area contributed by atoms with Crippen molar-refractivity contribution in [3.05, 3.63) is 94.8 Å². The highest BCUT2D eigenvalue weighted by Gasteiger charge is 2.54. The van der Waals surface area contributed by atoms with Crippen LogP contribution >= 0.6 is 0 Å². The molecule has 5 heteroatoms. The van der Waals surface area contributed by atoms with E-state index >= 15 is 0 Å². The molecule has 2 aliphatic rings. The third-order valence-corrected chi connectivity index (χ3v) is 7.47. The average molecular weight is 424 g/mol. The third kappa shape index (κ3) is 2.67. The quantitative estimate of drug-likeness (QED) is 0.470. The van der Waals surface area contributed by atoms with Crippen molar-refractivity contribution in [2.45, 2.75) is 44.4 Å². The Balaban J connectivity index is 1.65. The number of benzene rings is 2. The average Bonchev–Trinajstić information content (AvgIpc) is 3.28. The molecular formula is C27H25N3O2. The second-order valence-electron chi connectivity index (χ2n) is 9.16. The number of fused-ring (bicyclic) bond motifs is 4. The lowest BCUT2D eigenvalue weighted by Gasteiger charge is -2.50. The van der Waals surface area contributed by atoms with Gasteiger partial charge in [-0.15, -0.1) is 0 Å². The number of aromatic hydroxyl groups is 1. The van der Waals surface area contributed by atoms with Crippen LogP contribution in [0.4, 0.5) is 0 Å². The minimum atomic E-state index is -0.258. The summed E-state index contributed by atoms with van der Waals surface area (Å²) in [5, 5.41) is 13.9. The number of aromatic nitrogens is 3. The van der Waals surface area contributed by atoms with Crippen LogP contribution in [-0.2, 0) is 18.3 Å². The van der Waals surface area contributed by atoms with E-state index in [4.69, 9.17) is 14.5 Å². The molecule has 0 saturated carbocycles. The number of phenolic OH excluding ortho intramolecular Hbond substituents is 1. The van der Waals surface area contributed by atoms with Crippen molar-refractivity contribution in [1.29, 1.82) is 0 Å². The number of phenols is 1. The summed E-state index contributed by atoms with van der Waals surface area (Å²) in [5.74, 6) is 2.67. The molecule has 0 aliphatic heterocycles. The Bertz CT molecular complexity index is 1300. The van der Waals surface area contributed by atoms with Crippen LogP contribution in [0.15, 0.2) is 65.3 Å². The normalized spacial score (nSPS) is 23.8. The van der Waals surface area contributed by atoms with E-state index < -0.39 is 0 Å². The molecule has 2 aromatic carbocycles. The van der Waals surface area contributed by atoms with Gasteiger partial charge in [-0.25, -0.2) is 9.97 Å². The van der Waals surface area contributed by atoms with E-state index in [2.05, 4.69) is 42.4 Å². The van der Waals surface area contributed by atoms with Crippen molar-refractivity contribution in [2.75, 3.05) is 0 Å². The first-order valence-corrected chi connectivity index (χ1v) is 11.2. The Kier molecular flexibility index (Phi) is 4.22. The summed E-state index contributed by atoms with van der Waals surface area (Å²) in [5.41, 5.74) is 6.55. The van der Waals surface area contributed by atoms with Crippen LogP contribution < -0.4 is 0 Å². The van der Waals surface area contributed by atoms with Crippen molar-refractivity contribution in [3.63, 3.8) is 0 Å². The molecular weight excluding hydrogens is 398 g/mol. The van der Waals surface area contributed by atoms with Gasteiger partial charge >= 0.3 is 0 Å². The molecule has 160 valence electrons. The Hall–Kier alpha value is -3.47. The second-order valence-corrected chi connectivity index (χ2v) is 9.16. The fourth-order valence-electron chi connectivity index (χ4n) is 6.12. The summed E-state index contributed by atoms with van der Waals surface area (Å²) in [6.45, 7) is 4.25. The highest BCUT2D eigenvalue weighted by Crippen LogP contribution is 2.57. The minimum Gasteiger partial charge on any atom is -0.508 e. The molecule has 2 heterocycles. The van der Waals surface area contributed by atoms with Gasteiger partial charge in [0.1, 0.15) is 17.3 Å². The SMILES string of the molecule is Cc1nc(-c2ccc(O)cc2)c2c(n1)[C@@]1(c3ccccc3)Cc3cnoc3[C@@H](C)[C@@H]1CC2. The number of hydrogen-bond donors (Lipinski definition) is 1. The van der Waals surface area contributed by atoms with Crippen LogP contribution in [0.2, 0.25) is 0 Å². The van der Waals surface area contributed by atoms with E-state index in [0.717, 1.165) is 47.8 Å². The van der Waals surface area contributed by atoms with Gasteiger partial charge in [0.15, 0.2) is 0 Å². The van der Waals surface area contributed by atoms with Crippen LogP contribution in [0.5, 0.6) is 5.75 Å². The highest BCUT2D eigenvalue weighted by molar-refractivity contribution is 5.67. The molecule has 0 radical (unpaired) electrons. The predicted octanol–water partition coefficient (Wildman–Crippen LogP) is 5.35. The van der Waals surface area contributed by atoms with Crippen molar-refractivity contribution in [3.8, 4) is 17.0 Å². The number of aryl methyl sites for hydroxylation is 1. The van der Waals surface area contributed by atoms with E-state index in [0.29, 0.717) is 5.92 Å². The monoisotopic (exact) mass is 423 g/mol. The minimum absolute atomic E-state index is 0.252. The molecule has 32 heavy (non-hydrogen) atoms. The summed E-state index contributed by atoms with van der Waals surface area (Å²) in [4.78, 5) is 10.0. The van der Waals surface area contributed by atoms with E-state index in [1.165, 1.54) is 16.7 Å². The summed E-state index contributed by atoms with van der Waals surface area (Å²) in [6.07, 6.45) is 4.65. The van der Waals surface area contributed by atoms with Gasteiger partial charge in [-0.05, 0) is 61.9 Å². The Labute approximate surface area is 187 Å². The molecule has 0 fully saturated rings. The Morgan fingerprint density at radius 2 is 1.81 bits per heavy atom. The molecule has 3 atom stereocenters. The lowest BCUT2D eigenvalue weighted by molar-refractivity contribution is 0.188. The molecule has 0 bridgehead atoms. The summed E-state index contributed by atoms with van der Waals surface area (Å²) < 4.78 is 5.71. The van der Waals surface area contributed by atoms with Gasteiger partial charge in [0, 0.05) is 28.0 Å².